The van der Waals surface area contributed by atoms with Gasteiger partial charge in [-0.2, -0.15) is 0 Å². The molecule has 0 atom stereocenters. The first-order chi connectivity index (χ1) is 9.81. The second-order valence-electron chi connectivity index (χ2n) is 4.50. The standard InChI is InChI=1S/C15H21N5/c1-3-8-13-14(19-16)17-11-18-15(13)20(4-2)12-9-6-5-7-10-12/h5-7,9-11H,3-4,8,16H2,1-2H3,(H,17,18,19). The van der Waals surface area contributed by atoms with Crippen LogP contribution in [0.2, 0.25) is 0 Å². The summed E-state index contributed by atoms with van der Waals surface area (Å²) in [5.74, 6) is 7.19. The van der Waals surface area contributed by atoms with Crippen molar-refractivity contribution in [3.05, 3.63) is 42.2 Å². The Bertz CT molecular complexity index is 541. The second kappa shape index (κ2) is 6.86. The number of aromatic nitrogens is 2. The summed E-state index contributed by atoms with van der Waals surface area (Å²) in [5.41, 5.74) is 4.85. The summed E-state index contributed by atoms with van der Waals surface area (Å²) in [6.07, 6.45) is 3.45. The molecule has 1 heterocycles. The molecular formula is C15H21N5. The third-order valence-electron chi connectivity index (χ3n) is 3.20. The lowest BCUT2D eigenvalue weighted by molar-refractivity contribution is 0.876. The zero-order valence-electron chi connectivity index (χ0n) is 12.0. The lowest BCUT2D eigenvalue weighted by Gasteiger charge is -2.25. The third-order valence-corrected chi connectivity index (χ3v) is 3.20. The van der Waals surface area contributed by atoms with Crippen LogP contribution in [0.15, 0.2) is 36.7 Å². The molecule has 0 aliphatic carbocycles. The first kappa shape index (κ1) is 14.3. The minimum atomic E-state index is 0.700. The van der Waals surface area contributed by atoms with Gasteiger partial charge in [-0.1, -0.05) is 31.5 Å². The largest absolute Gasteiger partial charge is 0.326 e. The molecule has 0 aliphatic heterocycles. The molecule has 1 aromatic carbocycles. The van der Waals surface area contributed by atoms with Crippen LogP contribution in [-0.4, -0.2) is 16.5 Å². The quantitative estimate of drug-likeness (QED) is 0.624. The van der Waals surface area contributed by atoms with Gasteiger partial charge in [0.15, 0.2) is 0 Å². The van der Waals surface area contributed by atoms with Gasteiger partial charge in [-0.25, -0.2) is 15.8 Å². The van der Waals surface area contributed by atoms with Crippen molar-refractivity contribution in [3.63, 3.8) is 0 Å². The number of nitrogens with one attached hydrogen (secondary N) is 1. The van der Waals surface area contributed by atoms with Gasteiger partial charge in [0.1, 0.15) is 18.0 Å². The maximum absolute atomic E-state index is 5.57. The Labute approximate surface area is 119 Å². The third kappa shape index (κ3) is 2.88. The predicted octanol–water partition coefficient (Wildman–Crippen LogP) is 2.87. The molecule has 2 rings (SSSR count). The van der Waals surface area contributed by atoms with Crippen LogP contribution in [-0.2, 0) is 6.42 Å². The van der Waals surface area contributed by atoms with Gasteiger partial charge in [0, 0.05) is 17.8 Å². The van der Waals surface area contributed by atoms with Crippen molar-refractivity contribution < 1.29 is 0 Å². The summed E-state index contributed by atoms with van der Waals surface area (Å²) in [4.78, 5) is 10.9. The molecule has 5 nitrogen and oxygen atoms in total. The Kier molecular flexibility index (Phi) is 4.90. The van der Waals surface area contributed by atoms with E-state index in [2.05, 4.69) is 46.3 Å². The van der Waals surface area contributed by atoms with E-state index in [9.17, 15) is 0 Å². The SMILES string of the molecule is CCCc1c(NN)ncnc1N(CC)c1ccccc1. The van der Waals surface area contributed by atoms with Crippen molar-refractivity contribution in [2.24, 2.45) is 5.84 Å². The predicted molar refractivity (Wildman–Crippen MR) is 83.0 cm³/mol. The molecule has 0 unspecified atom stereocenters. The highest BCUT2D eigenvalue weighted by Gasteiger charge is 2.16. The van der Waals surface area contributed by atoms with E-state index in [1.807, 2.05) is 18.2 Å². The molecule has 20 heavy (non-hydrogen) atoms. The lowest BCUT2D eigenvalue weighted by atomic mass is 10.1. The van der Waals surface area contributed by atoms with E-state index in [4.69, 9.17) is 5.84 Å². The fourth-order valence-electron chi connectivity index (χ4n) is 2.30. The molecule has 0 radical (unpaired) electrons. The number of nitrogens with two attached hydrogens (primary N) is 1. The topological polar surface area (TPSA) is 67.1 Å². The number of para-hydroxylation sites is 1. The first-order valence-electron chi connectivity index (χ1n) is 6.94. The number of anilines is 3. The van der Waals surface area contributed by atoms with Gasteiger partial charge in [-0.15, -0.1) is 0 Å². The normalized spacial score (nSPS) is 10.3. The lowest BCUT2D eigenvalue weighted by Crippen LogP contribution is -2.21. The van der Waals surface area contributed by atoms with Crippen LogP contribution in [0.3, 0.4) is 0 Å². The maximum atomic E-state index is 5.57. The van der Waals surface area contributed by atoms with Crippen molar-refractivity contribution in [1.82, 2.24) is 9.97 Å². The van der Waals surface area contributed by atoms with Crippen molar-refractivity contribution in [3.8, 4) is 0 Å². The zero-order chi connectivity index (χ0) is 14.4. The van der Waals surface area contributed by atoms with Crippen molar-refractivity contribution >= 4 is 17.3 Å². The van der Waals surface area contributed by atoms with E-state index in [1.54, 1.807) is 6.33 Å². The summed E-state index contributed by atoms with van der Waals surface area (Å²) in [6, 6.07) is 10.2. The van der Waals surface area contributed by atoms with E-state index in [-0.39, 0.29) is 0 Å². The molecule has 0 amide bonds. The number of benzene rings is 1. The van der Waals surface area contributed by atoms with Gasteiger partial charge in [-0.05, 0) is 25.5 Å². The Morgan fingerprint density at radius 3 is 2.50 bits per heavy atom. The smallest absolute Gasteiger partial charge is 0.148 e. The van der Waals surface area contributed by atoms with Gasteiger partial charge in [0.25, 0.3) is 0 Å². The Morgan fingerprint density at radius 1 is 1.15 bits per heavy atom. The highest BCUT2D eigenvalue weighted by Crippen LogP contribution is 2.29. The fourth-order valence-corrected chi connectivity index (χ4v) is 2.30. The molecule has 5 heteroatoms. The Morgan fingerprint density at radius 2 is 1.90 bits per heavy atom. The van der Waals surface area contributed by atoms with E-state index in [0.717, 1.165) is 36.5 Å². The van der Waals surface area contributed by atoms with Crippen molar-refractivity contribution in [2.75, 3.05) is 16.9 Å². The molecule has 0 saturated carbocycles. The molecule has 106 valence electrons. The molecule has 0 fully saturated rings. The maximum Gasteiger partial charge on any atom is 0.148 e. The molecule has 2 aromatic rings. The van der Waals surface area contributed by atoms with E-state index in [0.29, 0.717) is 5.82 Å². The van der Waals surface area contributed by atoms with Crippen molar-refractivity contribution in [2.45, 2.75) is 26.7 Å². The minimum absolute atomic E-state index is 0.700. The highest BCUT2D eigenvalue weighted by atomic mass is 15.3. The van der Waals surface area contributed by atoms with Crippen LogP contribution in [0.1, 0.15) is 25.8 Å². The highest BCUT2D eigenvalue weighted by molar-refractivity contribution is 5.67. The van der Waals surface area contributed by atoms with Crippen LogP contribution in [0.5, 0.6) is 0 Å². The van der Waals surface area contributed by atoms with Gasteiger partial charge in [0.2, 0.25) is 0 Å². The summed E-state index contributed by atoms with van der Waals surface area (Å²) < 4.78 is 0. The number of hydrogen-bond acceptors (Lipinski definition) is 5. The van der Waals surface area contributed by atoms with E-state index < -0.39 is 0 Å². The van der Waals surface area contributed by atoms with E-state index in [1.165, 1.54) is 0 Å². The number of nitrogen functional groups attached to an aromatic ring is 1. The second-order valence-corrected chi connectivity index (χ2v) is 4.50. The number of hydrazine groups is 1. The van der Waals surface area contributed by atoms with Crippen LogP contribution in [0, 0.1) is 0 Å². The van der Waals surface area contributed by atoms with E-state index >= 15 is 0 Å². The Balaban J connectivity index is 2.49. The monoisotopic (exact) mass is 271 g/mol. The molecule has 0 saturated heterocycles. The number of hydrogen-bond donors (Lipinski definition) is 2. The number of nitrogens with zero attached hydrogens (tertiary/aromatic N) is 3. The Hall–Kier alpha value is -2.14. The van der Waals surface area contributed by atoms with Crippen LogP contribution < -0.4 is 16.2 Å². The molecule has 3 N–H and O–H groups in total. The summed E-state index contributed by atoms with van der Waals surface area (Å²) >= 11 is 0. The molecule has 0 spiro atoms. The summed E-state index contributed by atoms with van der Waals surface area (Å²) in [6.45, 7) is 5.08. The van der Waals surface area contributed by atoms with Crippen molar-refractivity contribution in [1.29, 1.82) is 0 Å². The zero-order valence-corrected chi connectivity index (χ0v) is 12.0. The summed E-state index contributed by atoms with van der Waals surface area (Å²) in [5, 5.41) is 0. The van der Waals surface area contributed by atoms with Crippen LogP contribution >= 0.6 is 0 Å². The first-order valence-corrected chi connectivity index (χ1v) is 6.94. The fraction of sp³-hybridized carbons (Fsp3) is 0.333. The summed E-state index contributed by atoms with van der Waals surface area (Å²) in [7, 11) is 0. The molecule has 0 bridgehead atoms. The van der Waals surface area contributed by atoms with Gasteiger partial charge in [0.05, 0.1) is 0 Å². The van der Waals surface area contributed by atoms with Gasteiger partial charge < -0.3 is 10.3 Å². The molecular weight excluding hydrogens is 250 g/mol. The molecule has 1 aromatic heterocycles. The van der Waals surface area contributed by atoms with Gasteiger partial charge in [-0.3, -0.25) is 0 Å². The average molecular weight is 271 g/mol. The van der Waals surface area contributed by atoms with Crippen LogP contribution in [0.25, 0.3) is 0 Å². The number of rotatable bonds is 6. The minimum Gasteiger partial charge on any atom is -0.326 e. The van der Waals surface area contributed by atoms with Gasteiger partial charge >= 0.3 is 0 Å². The molecule has 0 aliphatic rings. The van der Waals surface area contributed by atoms with Crippen LogP contribution in [0.4, 0.5) is 17.3 Å². The average Bonchev–Trinajstić information content (AvgIpc) is 2.50.